The summed E-state index contributed by atoms with van der Waals surface area (Å²) in [5, 5.41) is 50.1. The molecule has 0 atom stereocenters. The van der Waals surface area contributed by atoms with Gasteiger partial charge >= 0.3 is 31.8 Å². The summed E-state index contributed by atoms with van der Waals surface area (Å²) in [7, 11) is -19.1. The highest BCUT2D eigenvalue weighted by Gasteiger charge is 2.23. The van der Waals surface area contributed by atoms with Crippen molar-refractivity contribution in [2.45, 2.75) is 16.7 Å². The van der Waals surface area contributed by atoms with Gasteiger partial charge < -0.3 is 22.9 Å². The highest BCUT2D eigenvalue weighted by Crippen LogP contribution is 2.44. The predicted molar refractivity (Wildman–Crippen MR) is 307 cm³/mol. The smallest absolute Gasteiger partial charge is 0.397 e. The van der Waals surface area contributed by atoms with E-state index in [0.717, 1.165) is 17.7 Å². The van der Waals surface area contributed by atoms with E-state index in [1.54, 1.807) is 48.5 Å². The van der Waals surface area contributed by atoms with Crippen LogP contribution in [0.15, 0.2) is 235 Å². The van der Waals surface area contributed by atoms with E-state index in [-0.39, 0.29) is 56.7 Å². The number of azo groups is 6. The second-order valence-corrected chi connectivity index (χ2v) is 20.2. The summed E-state index contributed by atoms with van der Waals surface area (Å²) in [4.78, 5) is -1.22. The van der Waals surface area contributed by atoms with Crippen LogP contribution in [0.2, 0.25) is 0 Å². The summed E-state index contributed by atoms with van der Waals surface area (Å²) in [5.41, 5.74) is 29.4. The maximum Gasteiger partial charge on any atom is 0.425 e. The number of nitrogens with zero attached hydrogens (tertiary/aromatic N) is 12. The second kappa shape index (κ2) is 30.3. The lowest BCUT2D eigenvalue weighted by molar-refractivity contribution is 0.481. The molecule has 31 nitrogen and oxygen atoms in total. The fourth-order valence-corrected chi connectivity index (χ4v) is 7.93. The van der Waals surface area contributed by atoms with Gasteiger partial charge in [-0.25, -0.2) is 0 Å². The second-order valence-electron chi connectivity index (χ2n) is 16.2. The Hall–Kier alpha value is -10.8. The van der Waals surface area contributed by atoms with Crippen LogP contribution in [0.4, 0.5) is 91.0 Å². The molecule has 0 fully saturated rings. The van der Waals surface area contributed by atoms with Crippen LogP contribution in [0.5, 0.6) is 0 Å². The molecule has 0 bridgehead atoms. The molecule has 8 aromatic carbocycles. The van der Waals surface area contributed by atoms with E-state index in [1.165, 1.54) is 48.5 Å². The maximum absolute atomic E-state index is 12.7. The van der Waals surface area contributed by atoms with Crippen molar-refractivity contribution in [3.05, 3.63) is 169 Å². The molecular formula is C49H40N16O15S5. The Morgan fingerprint density at radius 1 is 0.341 bits per heavy atom. The molecule has 8 aromatic rings. The molecule has 8 rings (SSSR count). The predicted octanol–water partition coefficient (Wildman–Crippen LogP) is 12.0. The molecule has 10 N–H and O–H groups in total. The monoisotopic (exact) mass is 1250 g/mol. The van der Waals surface area contributed by atoms with Crippen molar-refractivity contribution in [2.75, 3.05) is 22.9 Å². The van der Waals surface area contributed by atoms with Gasteiger partial charge in [-0.15, -0.1) is 58.3 Å². The molecule has 0 aliphatic rings. The maximum atomic E-state index is 12.7. The van der Waals surface area contributed by atoms with Crippen molar-refractivity contribution in [2.24, 2.45) is 61.4 Å². The SMILES string of the molecule is Cc1ccc(N=Nc2ccc(N=Nc3c(N)c(N=Nc4ccc(-c5ccc(N=Nc6ccc(N)c(N=Nc7ccc(N=Nc8ccccc8)cc7)c6N)cc5S(=O)(=O)O)cc4)cc(S(=O)(=O)O)c3N)cc2)cc1.O=S(=O)=O.O=S(=O)=O.O=S(=O)=O. The summed E-state index contributed by atoms with van der Waals surface area (Å²) < 4.78 is 146. The van der Waals surface area contributed by atoms with Crippen LogP contribution in [0.25, 0.3) is 11.1 Å². The standard InChI is InChI=1S/C49H40N16O6S2.3O3S/c1-29-7-11-32(12-8-29)55-57-35-17-21-37(22-18-35)60-65-49-46(52)42(28-44(47(49)53)73(69,70)71)63-58-33-13-9-30(10-14-33)39-24-23-38(27-43(39)72(66,67)68)61-62-41-26-25-40(50)48(45(41)51)64-59-36-19-15-34(16-20-36)56-54-31-5-3-2-4-6-31;3*1-4(2)3/h2-28H,50-53H2,1H3,(H,66,67,68)(H,69,70,71);;;. The molecule has 0 saturated carbocycles. The molecule has 85 heavy (non-hydrogen) atoms. The first-order valence-electron chi connectivity index (χ1n) is 22.9. The molecule has 0 aliphatic carbocycles. The van der Waals surface area contributed by atoms with Crippen molar-refractivity contribution in [3.63, 3.8) is 0 Å². The molecule has 36 heteroatoms. The Kier molecular flexibility index (Phi) is 23.2. The largest absolute Gasteiger partial charge is 0.425 e. The lowest BCUT2D eigenvalue weighted by Gasteiger charge is -2.10. The number of nitrogen functional groups attached to an aromatic ring is 4. The Morgan fingerprint density at radius 3 is 1.13 bits per heavy atom. The van der Waals surface area contributed by atoms with Crippen LogP contribution >= 0.6 is 0 Å². The summed E-state index contributed by atoms with van der Waals surface area (Å²) in [6.45, 7) is 1.97. The fourth-order valence-electron chi connectivity index (χ4n) is 6.56. The van der Waals surface area contributed by atoms with Crippen LogP contribution in [0.1, 0.15) is 5.56 Å². The third kappa shape index (κ3) is 20.9. The summed E-state index contributed by atoms with van der Waals surface area (Å²) in [6.07, 6.45) is 0. The van der Waals surface area contributed by atoms with Crippen LogP contribution in [-0.4, -0.2) is 63.8 Å². The minimum absolute atomic E-state index is 0.0460. The van der Waals surface area contributed by atoms with Gasteiger partial charge in [0.25, 0.3) is 20.2 Å². The molecular weight excluding hydrogens is 1210 g/mol. The molecule has 0 saturated heterocycles. The van der Waals surface area contributed by atoms with E-state index in [2.05, 4.69) is 61.4 Å². The lowest BCUT2D eigenvalue weighted by atomic mass is 10.0. The molecule has 0 unspecified atom stereocenters. The van der Waals surface area contributed by atoms with E-state index >= 15 is 0 Å². The number of rotatable bonds is 15. The third-order valence-corrected chi connectivity index (χ3v) is 12.2. The highest BCUT2D eigenvalue weighted by molar-refractivity contribution is 7.86. The van der Waals surface area contributed by atoms with Gasteiger partial charge in [0, 0.05) is 5.56 Å². The number of nitrogens with two attached hydrogens (primary N) is 4. The minimum atomic E-state index is -4.91. The zero-order valence-electron chi connectivity index (χ0n) is 43.0. The first-order valence-corrected chi connectivity index (χ1v) is 28.8. The zero-order chi connectivity index (χ0) is 62.4. The topological polar surface area (TPSA) is 515 Å². The van der Waals surface area contributed by atoms with Gasteiger partial charge in [-0.3, -0.25) is 9.11 Å². The molecule has 0 spiro atoms. The van der Waals surface area contributed by atoms with Crippen LogP contribution in [0.3, 0.4) is 0 Å². The molecule has 0 aromatic heterocycles. The summed E-state index contributed by atoms with van der Waals surface area (Å²) >= 11 is 0. The lowest BCUT2D eigenvalue weighted by Crippen LogP contribution is -2.05. The number of aryl methyl sites for hydroxylation is 1. The van der Waals surface area contributed by atoms with Crippen molar-refractivity contribution < 1.29 is 63.8 Å². The first kappa shape index (κ1) is 65.1. The summed E-state index contributed by atoms with van der Waals surface area (Å²) in [6, 6.07) is 43.9. The third-order valence-electron chi connectivity index (χ3n) is 10.4. The number of anilines is 4. The van der Waals surface area contributed by atoms with Gasteiger partial charge in [-0.05, 0) is 128 Å². The molecule has 0 aliphatic heterocycles. The van der Waals surface area contributed by atoms with Gasteiger partial charge in [-0.1, -0.05) is 54.1 Å². The normalized spacial score (nSPS) is 11.5. The molecule has 0 amide bonds. The Bertz CT molecular complexity index is 4450. The molecule has 0 heterocycles. The van der Waals surface area contributed by atoms with Gasteiger partial charge in [-0.2, -0.15) is 57.7 Å². The highest BCUT2D eigenvalue weighted by atomic mass is 32.2. The fraction of sp³-hybridized carbons (Fsp3) is 0.0204. The number of hydrogen-bond donors (Lipinski definition) is 6. The quantitative estimate of drug-likeness (QED) is 0.0315. The number of hydrogen-bond acceptors (Lipinski definition) is 29. The van der Waals surface area contributed by atoms with Crippen LogP contribution < -0.4 is 22.9 Å². The van der Waals surface area contributed by atoms with Crippen molar-refractivity contribution in [3.8, 4) is 11.1 Å². The van der Waals surface area contributed by atoms with E-state index < -0.39 is 67.5 Å². The van der Waals surface area contributed by atoms with Crippen molar-refractivity contribution >= 4 is 143 Å². The van der Waals surface area contributed by atoms with E-state index in [9.17, 15) is 25.9 Å². The number of benzene rings is 8. The van der Waals surface area contributed by atoms with E-state index in [0.29, 0.717) is 39.7 Å². The summed E-state index contributed by atoms with van der Waals surface area (Å²) in [5.74, 6) is 0. The average Bonchev–Trinajstić information content (AvgIpc) is 2.85. The van der Waals surface area contributed by atoms with E-state index in [4.69, 9.17) is 60.8 Å². The molecule has 436 valence electrons. The minimum Gasteiger partial charge on any atom is -0.397 e. The Labute approximate surface area is 485 Å². The van der Waals surface area contributed by atoms with Gasteiger partial charge in [0.05, 0.1) is 68.2 Å². The van der Waals surface area contributed by atoms with E-state index in [1.807, 2.05) is 61.5 Å². The van der Waals surface area contributed by atoms with Crippen LogP contribution in [-0.2, 0) is 52.1 Å². The van der Waals surface area contributed by atoms with Gasteiger partial charge in [0.1, 0.15) is 32.5 Å². The van der Waals surface area contributed by atoms with Gasteiger partial charge in [0.15, 0.2) is 0 Å². The zero-order valence-corrected chi connectivity index (χ0v) is 47.1. The molecule has 0 radical (unpaired) electrons. The Morgan fingerprint density at radius 2 is 0.682 bits per heavy atom. The van der Waals surface area contributed by atoms with Gasteiger partial charge in [0.2, 0.25) is 0 Å². The average molecular weight is 1250 g/mol. The van der Waals surface area contributed by atoms with Crippen molar-refractivity contribution in [1.82, 2.24) is 0 Å². The van der Waals surface area contributed by atoms with Crippen molar-refractivity contribution in [1.29, 1.82) is 0 Å². The first-order chi connectivity index (χ1) is 40.2. The van der Waals surface area contributed by atoms with Crippen LogP contribution in [0, 0.1) is 6.92 Å². The Balaban J connectivity index is 0.00000101.